The number of oxime groups is 1. The predicted octanol–water partition coefficient (Wildman–Crippen LogP) is 4.10. The summed E-state index contributed by atoms with van der Waals surface area (Å²) in [5.41, 5.74) is -4.60. The van der Waals surface area contributed by atoms with Gasteiger partial charge in [-0.05, 0) is 93.7 Å². The number of esters is 1. The third-order valence-electron chi connectivity index (χ3n) is 9.28. The van der Waals surface area contributed by atoms with Crippen LogP contribution in [0, 0.1) is 5.92 Å². The van der Waals surface area contributed by atoms with Gasteiger partial charge in [0.2, 0.25) is 0 Å². The van der Waals surface area contributed by atoms with Gasteiger partial charge < -0.3 is 34.0 Å². The van der Waals surface area contributed by atoms with E-state index in [1.165, 1.54) is 19.2 Å². The fraction of sp³-hybridized carbons (Fsp3) is 0.561. The number of ether oxygens (including phenoxy) is 4. The number of rotatable bonds is 15. The van der Waals surface area contributed by atoms with Crippen LogP contribution in [0.15, 0.2) is 41.0 Å². The largest absolute Gasteiger partial charge is 0.489 e. The minimum Gasteiger partial charge on any atom is -0.489 e. The third kappa shape index (κ3) is 13.8. The molecule has 0 radical (unpaired) electrons. The maximum Gasteiger partial charge on any atom is 0.418 e. The van der Waals surface area contributed by atoms with Gasteiger partial charge in [0.05, 0.1) is 25.3 Å². The number of pyridine rings is 1. The van der Waals surface area contributed by atoms with E-state index < -0.39 is 81.1 Å². The highest BCUT2D eigenvalue weighted by Crippen LogP contribution is 2.33. The lowest BCUT2D eigenvalue weighted by Gasteiger charge is -2.50. The van der Waals surface area contributed by atoms with Crippen LogP contribution in [0.3, 0.4) is 0 Å². The standard InChI is InChI=1S/C41H56N8O14S2/c1-38(2,3)59-34(52)28(21-58-26-14-13-24-16-29(47(12)20-25(24)15-26)42-17-23-18-48(19-23)37(54)61-40(7,8)9)62-46-30(27-22-64-35(43-27)45-36(53)60-39(4,5)6)32(50)44-31-33(51)49(41(31,10)11)63-65(55,56)57/h13-16,20,22-23,28,31H,17-19,21H2,1-12H3,(H3,43,44,45,50,53,55,56,57)/p+1/b46-30-/t28-,31+/m0/s1. The lowest BCUT2D eigenvalue weighted by molar-refractivity contribution is -0.655. The highest BCUT2D eigenvalue weighted by molar-refractivity contribution is 7.80. The molecule has 1 aromatic carbocycles. The molecule has 0 bridgehead atoms. The summed E-state index contributed by atoms with van der Waals surface area (Å²) in [7, 11) is -3.21. The summed E-state index contributed by atoms with van der Waals surface area (Å²) in [5, 5.41) is 15.8. The van der Waals surface area contributed by atoms with Crippen molar-refractivity contribution in [3.05, 3.63) is 41.5 Å². The minimum absolute atomic E-state index is 0.00726. The molecular weight excluding hydrogens is 893 g/mol. The molecule has 2 saturated heterocycles. The molecule has 2 aromatic heterocycles. The van der Waals surface area contributed by atoms with Crippen LogP contribution >= 0.6 is 11.3 Å². The number of β-lactam (4-membered cyclic amide) rings is 1. The van der Waals surface area contributed by atoms with Crippen LogP contribution in [0.25, 0.3) is 10.8 Å². The van der Waals surface area contributed by atoms with Gasteiger partial charge in [0.25, 0.3) is 23.7 Å². The molecule has 24 heteroatoms. The number of nitrogens with zero attached hydrogens (tertiary/aromatic N) is 5. The summed E-state index contributed by atoms with van der Waals surface area (Å²) in [6.45, 7) is 19.5. The van der Waals surface area contributed by atoms with Crippen LogP contribution in [0.4, 0.5) is 20.5 Å². The van der Waals surface area contributed by atoms with Crippen molar-refractivity contribution >= 4 is 79.1 Å². The summed E-state index contributed by atoms with van der Waals surface area (Å²) in [6.07, 6.45) is -0.838. The molecule has 0 saturated carbocycles. The van der Waals surface area contributed by atoms with E-state index in [9.17, 15) is 32.4 Å². The second kappa shape index (κ2) is 18.9. The molecule has 4 N–H and O–H groups in total. The Morgan fingerprint density at radius 1 is 0.985 bits per heavy atom. The fourth-order valence-corrected chi connectivity index (χ4v) is 7.40. The predicted molar refractivity (Wildman–Crippen MR) is 235 cm³/mol. The van der Waals surface area contributed by atoms with E-state index in [2.05, 4.69) is 30.4 Å². The van der Waals surface area contributed by atoms with Gasteiger partial charge in [0.1, 0.15) is 40.9 Å². The van der Waals surface area contributed by atoms with Gasteiger partial charge in [-0.2, -0.15) is 13.5 Å². The number of thiazole rings is 1. The van der Waals surface area contributed by atoms with Crippen molar-refractivity contribution in [2.24, 2.45) is 18.1 Å². The topological polar surface area (TPSA) is 267 Å². The number of carbonyl (C=O) groups excluding carboxylic acids is 5. The number of carbonyl (C=O) groups is 5. The monoisotopic (exact) mass is 949 g/mol. The van der Waals surface area contributed by atoms with E-state index in [4.69, 9.17) is 28.3 Å². The van der Waals surface area contributed by atoms with E-state index in [1.807, 2.05) is 50.7 Å². The molecule has 65 heavy (non-hydrogen) atoms. The first-order valence-electron chi connectivity index (χ1n) is 20.4. The minimum atomic E-state index is -5.09. The zero-order valence-electron chi connectivity index (χ0n) is 38.3. The van der Waals surface area contributed by atoms with Crippen LogP contribution in [-0.4, -0.2) is 124 Å². The van der Waals surface area contributed by atoms with Crippen LogP contribution in [0.5, 0.6) is 5.75 Å². The molecule has 2 aliphatic rings. The Kier molecular flexibility index (Phi) is 14.6. The molecule has 2 fully saturated rings. The van der Waals surface area contributed by atoms with Crippen molar-refractivity contribution in [1.29, 1.82) is 0 Å². The molecule has 356 valence electrons. The summed E-state index contributed by atoms with van der Waals surface area (Å²) in [5.74, 6) is -1.53. The Bertz CT molecular complexity index is 2450. The Hall–Kier alpha value is -5.85. The number of hydrogen-bond donors (Lipinski definition) is 4. The highest BCUT2D eigenvalue weighted by Gasteiger charge is 2.58. The first-order chi connectivity index (χ1) is 29.9. The molecule has 0 spiro atoms. The molecule has 3 aromatic rings. The average Bonchev–Trinajstić information content (AvgIpc) is 3.58. The maximum absolute atomic E-state index is 13.9. The SMILES string of the molecule is C[n+]1cc2cc(OC[C@H](O/N=C(\C(=O)N[C@@H]3C(=O)N(OS(=O)(=O)O)C3(C)C)c3csc(NC(=O)OC(C)(C)C)n3)C(=O)OC(C)(C)C)ccc2cc1NCC1CN(C(=O)OC(C)(C)C)C1. The molecule has 2 atom stereocenters. The zero-order valence-corrected chi connectivity index (χ0v) is 40.0. The van der Waals surface area contributed by atoms with Gasteiger partial charge in [-0.15, -0.1) is 15.6 Å². The second-order valence-corrected chi connectivity index (χ2v) is 20.8. The first-order valence-corrected chi connectivity index (χ1v) is 22.6. The van der Waals surface area contributed by atoms with Crippen molar-refractivity contribution in [1.82, 2.24) is 20.3 Å². The van der Waals surface area contributed by atoms with Crippen LogP contribution in [-0.2, 0) is 55.2 Å². The Morgan fingerprint density at radius 3 is 2.23 bits per heavy atom. The lowest BCUT2D eigenvalue weighted by atomic mass is 9.84. The van der Waals surface area contributed by atoms with Gasteiger partial charge >= 0.3 is 28.6 Å². The quantitative estimate of drug-likeness (QED) is 0.0318. The number of likely N-dealkylation sites (tertiary alicyclic amines) is 1. The number of hydroxylamine groups is 2. The molecule has 22 nitrogen and oxygen atoms in total. The van der Waals surface area contributed by atoms with Crippen LogP contribution in [0.2, 0.25) is 0 Å². The Morgan fingerprint density at radius 2 is 1.63 bits per heavy atom. The normalized spacial score (nSPS) is 17.3. The molecule has 5 rings (SSSR count). The van der Waals surface area contributed by atoms with E-state index >= 15 is 0 Å². The molecule has 0 aliphatic carbocycles. The number of nitrogens with one attached hydrogen (secondary N) is 3. The number of fused-ring (bicyclic) bond motifs is 1. The molecule has 4 amide bonds. The number of benzene rings is 1. The Labute approximate surface area is 380 Å². The van der Waals surface area contributed by atoms with Gasteiger partial charge in [-0.1, -0.05) is 11.2 Å². The van der Waals surface area contributed by atoms with Crippen LogP contribution < -0.4 is 25.3 Å². The van der Waals surface area contributed by atoms with Gasteiger partial charge in [0.15, 0.2) is 10.8 Å². The Balaban J connectivity index is 1.34. The summed E-state index contributed by atoms with van der Waals surface area (Å²) < 4.78 is 60.6. The average molecular weight is 950 g/mol. The van der Waals surface area contributed by atoms with Crippen molar-refractivity contribution in [2.45, 2.75) is 111 Å². The number of aryl methyl sites for hydroxylation is 1. The molecular formula is C41H57N8O14S2+. The summed E-state index contributed by atoms with van der Waals surface area (Å²) in [6, 6.07) is 5.88. The number of hydrogen-bond acceptors (Lipinski definition) is 17. The summed E-state index contributed by atoms with van der Waals surface area (Å²) >= 11 is 0.896. The van der Waals surface area contributed by atoms with Crippen molar-refractivity contribution in [3.8, 4) is 5.75 Å². The van der Waals surface area contributed by atoms with Gasteiger partial charge in [-0.3, -0.25) is 24.8 Å². The van der Waals surface area contributed by atoms with E-state index in [0.717, 1.165) is 27.9 Å². The maximum atomic E-state index is 13.9. The highest BCUT2D eigenvalue weighted by atomic mass is 32.3. The number of anilines is 2. The first kappa shape index (κ1) is 50.2. The van der Waals surface area contributed by atoms with Crippen molar-refractivity contribution in [3.63, 3.8) is 0 Å². The van der Waals surface area contributed by atoms with Crippen LogP contribution in [0.1, 0.15) is 81.9 Å². The molecule has 4 heterocycles. The molecule has 2 aliphatic heterocycles. The second-order valence-electron chi connectivity index (χ2n) is 18.9. The van der Waals surface area contributed by atoms with Crippen molar-refractivity contribution < 1.29 is 69.6 Å². The van der Waals surface area contributed by atoms with Crippen molar-refractivity contribution in [2.75, 3.05) is 36.9 Å². The zero-order chi connectivity index (χ0) is 48.4. The lowest BCUT2D eigenvalue weighted by Crippen LogP contribution is -2.76. The van der Waals surface area contributed by atoms with Gasteiger partial charge in [-0.25, -0.2) is 23.9 Å². The fourth-order valence-electron chi connectivity index (χ4n) is 6.26. The number of amides is 4. The third-order valence-corrected chi connectivity index (χ3v) is 10.4. The van der Waals surface area contributed by atoms with Gasteiger partial charge in [0, 0.05) is 35.8 Å². The smallest absolute Gasteiger partial charge is 0.418 e. The van der Waals surface area contributed by atoms with E-state index in [0.29, 0.717) is 30.4 Å². The molecule has 0 unspecified atom stereocenters. The van der Waals surface area contributed by atoms with E-state index in [1.54, 1.807) is 58.6 Å². The number of aromatic nitrogens is 2. The van der Waals surface area contributed by atoms with E-state index in [-0.39, 0.29) is 22.8 Å². The summed E-state index contributed by atoms with van der Waals surface area (Å²) in [4.78, 5) is 76.8.